The van der Waals surface area contributed by atoms with E-state index >= 15 is 0 Å². The largest absolute Gasteiger partial charge is 0.497 e. The Morgan fingerprint density at radius 2 is 1.84 bits per heavy atom. The van der Waals surface area contributed by atoms with E-state index in [9.17, 15) is 0 Å². The molecule has 0 spiro atoms. The first-order valence-corrected chi connectivity index (χ1v) is 6.74. The number of hydrogen-bond acceptors (Lipinski definition) is 4. The van der Waals surface area contributed by atoms with Gasteiger partial charge in [-0.15, -0.1) is 0 Å². The quantitative estimate of drug-likeness (QED) is 0.643. The maximum Gasteiger partial charge on any atom is 0.170 e. The standard InChI is InChI=1S/C15H25NO3/c1-5-18-15(19-6-2)12-16(3)11-13-8-7-9-14(10-13)17-4/h7-10,15H,5-6,11-12H2,1-4H3. The molecule has 0 N–H and O–H groups in total. The second-order valence-corrected chi connectivity index (χ2v) is 4.39. The summed E-state index contributed by atoms with van der Waals surface area (Å²) < 4.78 is 16.3. The van der Waals surface area contributed by atoms with Crippen molar-refractivity contribution in [3.05, 3.63) is 29.8 Å². The van der Waals surface area contributed by atoms with Gasteiger partial charge in [-0.3, -0.25) is 4.90 Å². The lowest BCUT2D eigenvalue weighted by atomic mass is 10.2. The maximum atomic E-state index is 5.55. The van der Waals surface area contributed by atoms with Gasteiger partial charge in [0.15, 0.2) is 6.29 Å². The zero-order valence-corrected chi connectivity index (χ0v) is 12.4. The first-order valence-electron chi connectivity index (χ1n) is 6.74. The second-order valence-electron chi connectivity index (χ2n) is 4.39. The van der Waals surface area contributed by atoms with Crippen LogP contribution in [0.5, 0.6) is 5.75 Å². The third-order valence-electron chi connectivity index (χ3n) is 2.75. The fourth-order valence-corrected chi connectivity index (χ4v) is 1.93. The maximum absolute atomic E-state index is 5.55. The average molecular weight is 267 g/mol. The fourth-order valence-electron chi connectivity index (χ4n) is 1.93. The first-order chi connectivity index (χ1) is 9.19. The predicted molar refractivity (Wildman–Crippen MR) is 76.4 cm³/mol. The van der Waals surface area contributed by atoms with Crippen LogP contribution in [-0.2, 0) is 16.0 Å². The van der Waals surface area contributed by atoms with E-state index in [4.69, 9.17) is 14.2 Å². The van der Waals surface area contributed by atoms with E-state index in [1.807, 2.05) is 32.0 Å². The number of ether oxygens (including phenoxy) is 3. The first kappa shape index (κ1) is 16.0. The molecule has 0 radical (unpaired) electrons. The molecule has 0 aromatic heterocycles. The minimum atomic E-state index is -0.161. The molecule has 0 saturated carbocycles. The Kier molecular flexibility index (Phi) is 7.48. The van der Waals surface area contributed by atoms with Crippen LogP contribution in [0.3, 0.4) is 0 Å². The van der Waals surface area contributed by atoms with Crippen molar-refractivity contribution in [2.75, 3.05) is 33.9 Å². The number of likely N-dealkylation sites (N-methyl/N-ethyl adjacent to an activating group) is 1. The van der Waals surface area contributed by atoms with Crippen LogP contribution >= 0.6 is 0 Å². The van der Waals surface area contributed by atoms with Crippen molar-refractivity contribution in [3.63, 3.8) is 0 Å². The summed E-state index contributed by atoms with van der Waals surface area (Å²) in [5, 5.41) is 0. The summed E-state index contributed by atoms with van der Waals surface area (Å²) in [5.74, 6) is 0.886. The Morgan fingerprint density at radius 3 is 2.42 bits per heavy atom. The van der Waals surface area contributed by atoms with Crippen LogP contribution in [0.15, 0.2) is 24.3 Å². The van der Waals surface area contributed by atoms with Crippen molar-refractivity contribution in [2.45, 2.75) is 26.7 Å². The molecule has 108 valence electrons. The lowest BCUT2D eigenvalue weighted by Gasteiger charge is -2.23. The Labute approximate surface area is 116 Å². The number of hydrogen-bond donors (Lipinski definition) is 0. The smallest absolute Gasteiger partial charge is 0.170 e. The minimum Gasteiger partial charge on any atom is -0.497 e. The van der Waals surface area contributed by atoms with E-state index in [0.29, 0.717) is 13.2 Å². The number of methoxy groups -OCH3 is 1. The summed E-state index contributed by atoms with van der Waals surface area (Å²) in [6.45, 7) is 6.88. The summed E-state index contributed by atoms with van der Waals surface area (Å²) in [4.78, 5) is 2.19. The van der Waals surface area contributed by atoms with Crippen LogP contribution in [0.1, 0.15) is 19.4 Å². The Balaban J connectivity index is 2.50. The molecule has 0 saturated heterocycles. The lowest BCUT2D eigenvalue weighted by molar-refractivity contribution is -0.145. The van der Waals surface area contributed by atoms with Gasteiger partial charge in [0.1, 0.15) is 5.75 Å². The molecule has 1 aromatic rings. The van der Waals surface area contributed by atoms with Crippen LogP contribution in [0.25, 0.3) is 0 Å². The second kappa shape index (κ2) is 8.91. The van der Waals surface area contributed by atoms with Gasteiger partial charge in [-0.05, 0) is 38.6 Å². The normalized spacial score (nSPS) is 11.3. The predicted octanol–water partition coefficient (Wildman–Crippen LogP) is 2.53. The van der Waals surface area contributed by atoms with Gasteiger partial charge in [-0.2, -0.15) is 0 Å². The highest BCUT2D eigenvalue weighted by Gasteiger charge is 2.11. The molecular formula is C15H25NO3. The van der Waals surface area contributed by atoms with Gasteiger partial charge in [0.05, 0.1) is 7.11 Å². The molecule has 0 aliphatic rings. The molecule has 0 bridgehead atoms. The number of rotatable bonds is 9. The molecule has 0 atom stereocenters. The van der Waals surface area contributed by atoms with Crippen molar-refractivity contribution in [1.29, 1.82) is 0 Å². The van der Waals surface area contributed by atoms with E-state index in [-0.39, 0.29) is 6.29 Å². The highest BCUT2D eigenvalue weighted by atomic mass is 16.7. The average Bonchev–Trinajstić information content (AvgIpc) is 2.39. The van der Waals surface area contributed by atoms with E-state index in [0.717, 1.165) is 18.8 Å². The Hall–Kier alpha value is -1.10. The van der Waals surface area contributed by atoms with Gasteiger partial charge >= 0.3 is 0 Å². The topological polar surface area (TPSA) is 30.9 Å². The minimum absolute atomic E-state index is 0.161. The van der Waals surface area contributed by atoms with Gasteiger partial charge in [0.25, 0.3) is 0 Å². The third kappa shape index (κ3) is 6.05. The van der Waals surface area contributed by atoms with Gasteiger partial charge < -0.3 is 14.2 Å². The third-order valence-corrected chi connectivity index (χ3v) is 2.75. The molecule has 0 fully saturated rings. The molecule has 19 heavy (non-hydrogen) atoms. The molecule has 4 heteroatoms. The molecule has 0 unspecified atom stereocenters. The molecule has 1 aromatic carbocycles. The van der Waals surface area contributed by atoms with Crippen molar-refractivity contribution in [1.82, 2.24) is 4.90 Å². The SMILES string of the molecule is CCOC(CN(C)Cc1cccc(OC)c1)OCC. The highest BCUT2D eigenvalue weighted by molar-refractivity contribution is 5.28. The monoisotopic (exact) mass is 267 g/mol. The highest BCUT2D eigenvalue weighted by Crippen LogP contribution is 2.14. The summed E-state index contributed by atoms with van der Waals surface area (Å²) in [6, 6.07) is 8.10. The van der Waals surface area contributed by atoms with E-state index in [2.05, 4.69) is 18.0 Å². The van der Waals surface area contributed by atoms with Gasteiger partial charge in [0.2, 0.25) is 0 Å². The lowest BCUT2D eigenvalue weighted by Crippen LogP contribution is -2.32. The van der Waals surface area contributed by atoms with Crippen LogP contribution in [-0.4, -0.2) is 45.1 Å². The molecular weight excluding hydrogens is 242 g/mol. The van der Waals surface area contributed by atoms with Crippen LogP contribution in [0, 0.1) is 0 Å². The molecule has 4 nitrogen and oxygen atoms in total. The van der Waals surface area contributed by atoms with Crippen LogP contribution in [0.2, 0.25) is 0 Å². The Morgan fingerprint density at radius 1 is 1.16 bits per heavy atom. The van der Waals surface area contributed by atoms with E-state index < -0.39 is 0 Å². The molecule has 1 rings (SSSR count). The zero-order valence-electron chi connectivity index (χ0n) is 12.4. The summed E-state index contributed by atoms with van der Waals surface area (Å²) in [6.07, 6.45) is -0.161. The fraction of sp³-hybridized carbons (Fsp3) is 0.600. The number of benzene rings is 1. The van der Waals surface area contributed by atoms with Crippen molar-refractivity contribution < 1.29 is 14.2 Å². The van der Waals surface area contributed by atoms with Crippen molar-refractivity contribution in [2.24, 2.45) is 0 Å². The number of nitrogens with zero attached hydrogens (tertiary/aromatic N) is 1. The van der Waals surface area contributed by atoms with Gasteiger partial charge in [-0.1, -0.05) is 12.1 Å². The molecule has 0 heterocycles. The van der Waals surface area contributed by atoms with Crippen molar-refractivity contribution >= 4 is 0 Å². The van der Waals surface area contributed by atoms with Gasteiger partial charge in [-0.25, -0.2) is 0 Å². The van der Waals surface area contributed by atoms with E-state index in [1.165, 1.54) is 5.56 Å². The van der Waals surface area contributed by atoms with Crippen molar-refractivity contribution in [3.8, 4) is 5.75 Å². The van der Waals surface area contributed by atoms with Crippen LogP contribution < -0.4 is 4.74 Å². The molecule has 0 aliphatic carbocycles. The zero-order chi connectivity index (χ0) is 14.1. The van der Waals surface area contributed by atoms with E-state index in [1.54, 1.807) is 7.11 Å². The molecule has 0 aliphatic heterocycles. The summed E-state index contributed by atoms with van der Waals surface area (Å²) in [7, 11) is 3.74. The van der Waals surface area contributed by atoms with Crippen LogP contribution in [0.4, 0.5) is 0 Å². The van der Waals surface area contributed by atoms with Gasteiger partial charge in [0, 0.05) is 26.3 Å². The summed E-state index contributed by atoms with van der Waals surface area (Å²) >= 11 is 0. The Bertz CT molecular complexity index is 351. The summed E-state index contributed by atoms with van der Waals surface area (Å²) in [5.41, 5.74) is 1.22. The molecule has 0 amide bonds.